The van der Waals surface area contributed by atoms with Crippen LogP contribution in [0.15, 0.2) is 12.4 Å². The van der Waals surface area contributed by atoms with Crippen LogP contribution in [0.25, 0.3) is 0 Å². The molecule has 2 fully saturated rings. The van der Waals surface area contributed by atoms with E-state index < -0.39 is 0 Å². The maximum Gasteiger partial charge on any atom is 0.110 e. The Bertz CT molecular complexity index is 402. The minimum atomic E-state index is 0.408. The molecule has 0 aliphatic heterocycles. The van der Waals surface area contributed by atoms with Gasteiger partial charge in [-0.3, -0.25) is 11.3 Å². The molecular weight excluding hydrogens is 236 g/mol. The zero-order chi connectivity index (χ0) is 13.2. The van der Waals surface area contributed by atoms with Crippen LogP contribution in [0.5, 0.6) is 0 Å². The van der Waals surface area contributed by atoms with E-state index >= 15 is 0 Å². The Labute approximate surface area is 115 Å². The van der Waals surface area contributed by atoms with Crippen molar-refractivity contribution in [1.29, 1.82) is 0 Å². The summed E-state index contributed by atoms with van der Waals surface area (Å²) in [5.41, 5.74) is 3.07. The van der Waals surface area contributed by atoms with Crippen molar-refractivity contribution in [2.45, 2.75) is 58.0 Å². The third-order valence-corrected chi connectivity index (χ3v) is 5.07. The molecule has 19 heavy (non-hydrogen) atoms. The van der Waals surface area contributed by atoms with Crippen LogP contribution in [-0.4, -0.2) is 15.6 Å². The third kappa shape index (κ3) is 2.56. The second-order valence-electron chi connectivity index (χ2n) is 6.20. The second-order valence-corrected chi connectivity index (χ2v) is 6.20. The Kier molecular flexibility index (Phi) is 3.89. The molecule has 3 N–H and O–H groups in total. The normalized spacial score (nSPS) is 30.9. The predicted octanol–water partition coefficient (Wildman–Crippen LogP) is 2.10. The van der Waals surface area contributed by atoms with Crippen LogP contribution in [0.4, 0.5) is 0 Å². The third-order valence-electron chi connectivity index (χ3n) is 5.07. The van der Waals surface area contributed by atoms with E-state index in [1.807, 2.05) is 6.20 Å². The topological polar surface area (TPSA) is 55.9 Å². The first-order valence-electron chi connectivity index (χ1n) is 7.81. The molecule has 0 bridgehead atoms. The van der Waals surface area contributed by atoms with Crippen LogP contribution in [-0.2, 0) is 13.0 Å². The van der Waals surface area contributed by atoms with E-state index in [-0.39, 0.29) is 0 Å². The molecule has 0 radical (unpaired) electrons. The first kappa shape index (κ1) is 13.1. The minimum absolute atomic E-state index is 0.408. The first-order valence-corrected chi connectivity index (χ1v) is 7.81. The standard InChI is InChI=1S/C15H26N4/c1-2-8-19-9-7-17-14(19)10-13(18-16)15-11-5-3-4-6-12(11)15/h7,9,11-13,15,18H,2-6,8,10,16H2,1H3. The summed E-state index contributed by atoms with van der Waals surface area (Å²) >= 11 is 0. The van der Waals surface area contributed by atoms with Gasteiger partial charge in [0.15, 0.2) is 0 Å². The smallest absolute Gasteiger partial charge is 0.110 e. The van der Waals surface area contributed by atoms with Crippen molar-refractivity contribution in [1.82, 2.24) is 15.0 Å². The fourth-order valence-electron chi connectivity index (χ4n) is 4.12. The van der Waals surface area contributed by atoms with E-state index in [9.17, 15) is 0 Å². The lowest BCUT2D eigenvalue weighted by atomic mass is 10.0. The van der Waals surface area contributed by atoms with Crippen molar-refractivity contribution in [3.63, 3.8) is 0 Å². The SMILES string of the molecule is CCCn1ccnc1CC(NN)C1C2CCCCC21. The largest absolute Gasteiger partial charge is 0.335 e. The van der Waals surface area contributed by atoms with Crippen LogP contribution in [0.2, 0.25) is 0 Å². The maximum absolute atomic E-state index is 5.82. The van der Waals surface area contributed by atoms with Gasteiger partial charge in [0.2, 0.25) is 0 Å². The van der Waals surface area contributed by atoms with Gasteiger partial charge >= 0.3 is 0 Å². The molecule has 2 aliphatic carbocycles. The highest BCUT2D eigenvalue weighted by Crippen LogP contribution is 2.57. The monoisotopic (exact) mass is 262 g/mol. The van der Waals surface area contributed by atoms with Gasteiger partial charge in [-0.1, -0.05) is 19.8 Å². The van der Waals surface area contributed by atoms with Crippen molar-refractivity contribution >= 4 is 0 Å². The van der Waals surface area contributed by atoms with Gasteiger partial charge in [0.25, 0.3) is 0 Å². The van der Waals surface area contributed by atoms with Gasteiger partial charge in [-0.15, -0.1) is 0 Å². The number of fused-ring (bicyclic) bond motifs is 1. The van der Waals surface area contributed by atoms with Gasteiger partial charge in [-0.2, -0.15) is 0 Å². The number of nitrogens with two attached hydrogens (primary N) is 1. The Balaban J connectivity index is 1.65. The number of aromatic nitrogens is 2. The van der Waals surface area contributed by atoms with Crippen molar-refractivity contribution < 1.29 is 0 Å². The molecule has 1 aromatic rings. The number of hydrazine groups is 1. The van der Waals surface area contributed by atoms with Crippen molar-refractivity contribution in [2.75, 3.05) is 0 Å². The van der Waals surface area contributed by atoms with Gasteiger partial charge in [-0.05, 0) is 37.0 Å². The molecular formula is C15H26N4. The number of imidazole rings is 1. The Morgan fingerprint density at radius 2 is 2.16 bits per heavy atom. The maximum atomic E-state index is 5.82. The molecule has 3 atom stereocenters. The Hall–Kier alpha value is -0.870. The van der Waals surface area contributed by atoms with Gasteiger partial charge in [0, 0.05) is 31.4 Å². The molecule has 0 saturated heterocycles. The second kappa shape index (κ2) is 5.63. The molecule has 2 aliphatic rings. The van der Waals surface area contributed by atoms with Crippen molar-refractivity contribution in [2.24, 2.45) is 23.6 Å². The summed E-state index contributed by atoms with van der Waals surface area (Å²) in [6.07, 6.45) is 11.8. The summed E-state index contributed by atoms with van der Waals surface area (Å²) in [4.78, 5) is 4.52. The zero-order valence-corrected chi connectivity index (χ0v) is 11.9. The highest BCUT2D eigenvalue weighted by molar-refractivity contribution is 5.07. The first-order chi connectivity index (χ1) is 9.35. The molecule has 3 rings (SSSR count). The molecule has 4 nitrogen and oxygen atoms in total. The molecule has 0 aromatic carbocycles. The highest BCUT2D eigenvalue weighted by Gasteiger charge is 2.53. The quantitative estimate of drug-likeness (QED) is 0.610. The Morgan fingerprint density at radius 1 is 1.42 bits per heavy atom. The highest BCUT2D eigenvalue weighted by atomic mass is 15.2. The summed E-state index contributed by atoms with van der Waals surface area (Å²) in [6, 6.07) is 0.408. The van der Waals surface area contributed by atoms with Crippen molar-refractivity contribution in [3.8, 4) is 0 Å². The minimum Gasteiger partial charge on any atom is -0.335 e. The zero-order valence-electron chi connectivity index (χ0n) is 11.9. The lowest BCUT2D eigenvalue weighted by Gasteiger charge is -2.16. The molecule has 3 unspecified atom stereocenters. The molecule has 1 heterocycles. The number of rotatable bonds is 6. The Morgan fingerprint density at radius 3 is 2.79 bits per heavy atom. The van der Waals surface area contributed by atoms with Gasteiger partial charge in [0.1, 0.15) is 5.82 Å². The van der Waals surface area contributed by atoms with Crippen LogP contribution in [0.1, 0.15) is 44.9 Å². The lowest BCUT2D eigenvalue weighted by molar-refractivity contribution is 0.422. The van der Waals surface area contributed by atoms with Crippen LogP contribution >= 0.6 is 0 Å². The number of aryl methyl sites for hydroxylation is 1. The predicted molar refractivity (Wildman–Crippen MR) is 76.3 cm³/mol. The van der Waals surface area contributed by atoms with Crippen LogP contribution < -0.4 is 11.3 Å². The average molecular weight is 262 g/mol. The summed E-state index contributed by atoms with van der Waals surface area (Å²) in [5, 5.41) is 0. The number of hydrogen-bond donors (Lipinski definition) is 2. The van der Waals surface area contributed by atoms with Crippen LogP contribution in [0.3, 0.4) is 0 Å². The average Bonchev–Trinajstić information content (AvgIpc) is 3.00. The van der Waals surface area contributed by atoms with Gasteiger partial charge < -0.3 is 4.57 Å². The fourth-order valence-corrected chi connectivity index (χ4v) is 4.12. The summed E-state index contributed by atoms with van der Waals surface area (Å²) < 4.78 is 2.27. The molecule has 0 spiro atoms. The summed E-state index contributed by atoms with van der Waals surface area (Å²) in [6.45, 7) is 3.27. The number of hydrogen-bond acceptors (Lipinski definition) is 3. The molecule has 4 heteroatoms. The summed E-state index contributed by atoms with van der Waals surface area (Å²) in [5.74, 6) is 9.67. The lowest BCUT2D eigenvalue weighted by Crippen LogP contribution is -2.40. The molecule has 2 saturated carbocycles. The van der Waals surface area contributed by atoms with Crippen LogP contribution in [0, 0.1) is 17.8 Å². The van der Waals surface area contributed by atoms with E-state index in [2.05, 4.69) is 28.1 Å². The molecule has 1 aromatic heterocycles. The fraction of sp³-hybridized carbons (Fsp3) is 0.800. The van der Waals surface area contributed by atoms with E-state index in [0.29, 0.717) is 6.04 Å². The number of nitrogens with one attached hydrogen (secondary N) is 1. The molecule has 106 valence electrons. The summed E-state index contributed by atoms with van der Waals surface area (Å²) in [7, 11) is 0. The van der Waals surface area contributed by atoms with Crippen molar-refractivity contribution in [3.05, 3.63) is 18.2 Å². The van der Waals surface area contributed by atoms with E-state index in [1.165, 1.54) is 31.5 Å². The van der Waals surface area contributed by atoms with E-state index in [1.54, 1.807) is 0 Å². The van der Waals surface area contributed by atoms with E-state index in [4.69, 9.17) is 5.84 Å². The van der Waals surface area contributed by atoms with Gasteiger partial charge in [0.05, 0.1) is 0 Å². The number of nitrogens with zero attached hydrogens (tertiary/aromatic N) is 2. The molecule has 0 amide bonds. The van der Waals surface area contributed by atoms with E-state index in [0.717, 1.165) is 37.1 Å². The van der Waals surface area contributed by atoms with Gasteiger partial charge in [-0.25, -0.2) is 4.98 Å².